The number of hydrogen-bond donors (Lipinski definition) is 0. The molecule has 0 saturated heterocycles. The van der Waals surface area contributed by atoms with Crippen molar-refractivity contribution >= 4 is 50.7 Å². The van der Waals surface area contributed by atoms with Crippen LogP contribution in [0.3, 0.4) is 0 Å². The van der Waals surface area contributed by atoms with E-state index in [0.717, 1.165) is 11.4 Å². The third-order valence-corrected chi connectivity index (χ3v) is 6.56. The number of carbonyl (C=O) groups excluding carboxylic acids is 1. The van der Waals surface area contributed by atoms with Gasteiger partial charge in [-0.3, -0.25) is 19.1 Å². The standard InChI is InChI=1S/C23H22N4O2S2/c1-15(2)26-21(29)19-11-7-8-12-20(19)25-23(26)31-14-17-13-30-22(24-17)27(16(3)28)18-9-5-4-6-10-18/h4-13,15H,14H2,1-3H3. The molecule has 158 valence electrons. The smallest absolute Gasteiger partial charge is 0.262 e. The number of rotatable bonds is 6. The van der Waals surface area contributed by atoms with Gasteiger partial charge in [-0.1, -0.05) is 42.1 Å². The molecule has 0 radical (unpaired) electrons. The maximum absolute atomic E-state index is 13.0. The summed E-state index contributed by atoms with van der Waals surface area (Å²) in [7, 11) is 0. The lowest BCUT2D eigenvalue weighted by molar-refractivity contribution is -0.115. The quantitative estimate of drug-likeness (QED) is 0.290. The van der Waals surface area contributed by atoms with E-state index >= 15 is 0 Å². The molecular formula is C23H22N4O2S2. The highest BCUT2D eigenvalue weighted by Crippen LogP contribution is 2.31. The number of anilines is 2. The number of fused-ring (bicyclic) bond motifs is 1. The average molecular weight is 451 g/mol. The van der Waals surface area contributed by atoms with Gasteiger partial charge in [0.05, 0.1) is 22.3 Å². The van der Waals surface area contributed by atoms with Gasteiger partial charge in [-0.15, -0.1) is 11.3 Å². The molecule has 1 amide bonds. The van der Waals surface area contributed by atoms with Crippen LogP contribution in [0.1, 0.15) is 32.5 Å². The summed E-state index contributed by atoms with van der Waals surface area (Å²) in [6.07, 6.45) is 0. The van der Waals surface area contributed by atoms with Crippen LogP contribution in [0.4, 0.5) is 10.8 Å². The van der Waals surface area contributed by atoms with Crippen LogP contribution in [0.25, 0.3) is 10.9 Å². The zero-order valence-corrected chi connectivity index (χ0v) is 19.1. The molecule has 2 heterocycles. The van der Waals surface area contributed by atoms with Gasteiger partial charge in [0.1, 0.15) is 0 Å². The lowest BCUT2D eigenvalue weighted by atomic mass is 10.2. The van der Waals surface area contributed by atoms with Crippen molar-refractivity contribution in [3.63, 3.8) is 0 Å². The number of thioether (sulfide) groups is 1. The summed E-state index contributed by atoms with van der Waals surface area (Å²) < 4.78 is 1.73. The van der Waals surface area contributed by atoms with Gasteiger partial charge >= 0.3 is 0 Å². The van der Waals surface area contributed by atoms with Crippen LogP contribution in [-0.2, 0) is 10.5 Å². The van der Waals surface area contributed by atoms with Crippen LogP contribution >= 0.6 is 23.1 Å². The van der Waals surface area contributed by atoms with Crippen LogP contribution in [0.5, 0.6) is 0 Å². The van der Waals surface area contributed by atoms with E-state index in [0.29, 0.717) is 26.9 Å². The topological polar surface area (TPSA) is 68.1 Å². The van der Waals surface area contributed by atoms with Crippen molar-refractivity contribution in [1.82, 2.24) is 14.5 Å². The fourth-order valence-electron chi connectivity index (χ4n) is 3.29. The van der Waals surface area contributed by atoms with E-state index < -0.39 is 0 Å². The molecule has 0 aliphatic rings. The number of benzene rings is 2. The third-order valence-electron chi connectivity index (χ3n) is 4.70. The molecular weight excluding hydrogens is 428 g/mol. The molecule has 4 rings (SSSR count). The van der Waals surface area contributed by atoms with Crippen molar-refractivity contribution in [3.05, 3.63) is 76.0 Å². The normalized spacial score (nSPS) is 11.2. The summed E-state index contributed by atoms with van der Waals surface area (Å²) >= 11 is 2.90. The molecule has 6 nitrogen and oxygen atoms in total. The first-order valence-electron chi connectivity index (χ1n) is 9.90. The van der Waals surface area contributed by atoms with Crippen molar-refractivity contribution in [3.8, 4) is 0 Å². The highest BCUT2D eigenvalue weighted by molar-refractivity contribution is 7.98. The molecule has 2 aromatic carbocycles. The molecule has 0 bridgehead atoms. The first-order valence-corrected chi connectivity index (χ1v) is 11.8. The Kier molecular flexibility index (Phi) is 6.20. The predicted molar refractivity (Wildman–Crippen MR) is 127 cm³/mol. The molecule has 0 atom stereocenters. The molecule has 8 heteroatoms. The third kappa shape index (κ3) is 4.40. The summed E-state index contributed by atoms with van der Waals surface area (Å²) in [5.41, 5.74) is 2.28. The number of aromatic nitrogens is 3. The summed E-state index contributed by atoms with van der Waals surface area (Å²) in [6.45, 7) is 5.49. The lowest BCUT2D eigenvalue weighted by Crippen LogP contribution is -2.25. The van der Waals surface area contributed by atoms with Crippen LogP contribution in [-0.4, -0.2) is 20.4 Å². The molecule has 0 aliphatic carbocycles. The molecule has 0 saturated carbocycles. The maximum atomic E-state index is 13.0. The van der Waals surface area contributed by atoms with E-state index in [1.165, 1.54) is 30.0 Å². The minimum atomic E-state index is -0.0930. The Balaban J connectivity index is 1.62. The second-order valence-corrected chi connectivity index (χ2v) is 9.06. The van der Waals surface area contributed by atoms with Gasteiger partial charge < -0.3 is 0 Å². The van der Waals surface area contributed by atoms with Gasteiger partial charge in [0, 0.05) is 24.1 Å². The summed E-state index contributed by atoms with van der Waals surface area (Å²) in [4.78, 5) is 36.2. The SMILES string of the molecule is CC(=O)N(c1ccccc1)c1nc(CSc2nc3ccccc3c(=O)n2C(C)C)cs1. The van der Waals surface area contributed by atoms with E-state index in [9.17, 15) is 9.59 Å². The molecule has 31 heavy (non-hydrogen) atoms. The Hall–Kier alpha value is -2.97. The van der Waals surface area contributed by atoms with Crippen molar-refractivity contribution < 1.29 is 4.79 Å². The number of amides is 1. The Morgan fingerprint density at radius 1 is 1.10 bits per heavy atom. The lowest BCUT2D eigenvalue weighted by Gasteiger charge is -2.17. The van der Waals surface area contributed by atoms with Crippen molar-refractivity contribution in [1.29, 1.82) is 0 Å². The van der Waals surface area contributed by atoms with E-state index in [1.54, 1.807) is 9.47 Å². The van der Waals surface area contributed by atoms with Crippen LogP contribution in [0.15, 0.2) is 69.9 Å². The second kappa shape index (κ2) is 9.03. The van der Waals surface area contributed by atoms with Gasteiger partial charge in [0.25, 0.3) is 5.56 Å². The summed E-state index contributed by atoms with van der Waals surface area (Å²) in [5.74, 6) is 0.457. The van der Waals surface area contributed by atoms with Crippen molar-refractivity contribution in [2.75, 3.05) is 4.90 Å². The molecule has 0 N–H and O–H groups in total. The number of carbonyl (C=O) groups is 1. The molecule has 2 aromatic heterocycles. The Morgan fingerprint density at radius 2 is 1.81 bits per heavy atom. The highest BCUT2D eigenvalue weighted by atomic mass is 32.2. The Labute approximate surface area is 188 Å². The number of thiazole rings is 1. The Morgan fingerprint density at radius 3 is 2.52 bits per heavy atom. The summed E-state index contributed by atoms with van der Waals surface area (Å²) in [5, 5.41) is 3.86. The molecule has 0 fully saturated rings. The number of para-hydroxylation sites is 2. The van der Waals surface area contributed by atoms with Gasteiger partial charge in [-0.05, 0) is 38.1 Å². The van der Waals surface area contributed by atoms with E-state index in [4.69, 9.17) is 4.98 Å². The van der Waals surface area contributed by atoms with Crippen molar-refractivity contribution in [2.45, 2.75) is 37.7 Å². The molecule has 0 aliphatic heterocycles. The fourth-order valence-corrected chi connectivity index (χ4v) is 5.30. The maximum Gasteiger partial charge on any atom is 0.262 e. The largest absolute Gasteiger partial charge is 0.285 e. The first kappa shape index (κ1) is 21.3. The van der Waals surface area contributed by atoms with Crippen molar-refractivity contribution in [2.24, 2.45) is 0 Å². The average Bonchev–Trinajstić information content (AvgIpc) is 3.21. The minimum absolute atomic E-state index is 0.00983. The minimum Gasteiger partial charge on any atom is -0.285 e. The van der Waals surface area contributed by atoms with Crippen LogP contribution < -0.4 is 10.5 Å². The van der Waals surface area contributed by atoms with Crippen LogP contribution in [0.2, 0.25) is 0 Å². The van der Waals surface area contributed by atoms with Gasteiger partial charge in [0.15, 0.2) is 10.3 Å². The summed E-state index contributed by atoms with van der Waals surface area (Å²) in [6, 6.07) is 16.9. The monoisotopic (exact) mass is 450 g/mol. The molecule has 4 aromatic rings. The fraction of sp³-hybridized carbons (Fsp3) is 0.217. The van der Waals surface area contributed by atoms with Crippen LogP contribution in [0, 0.1) is 0 Å². The number of hydrogen-bond acceptors (Lipinski definition) is 6. The van der Waals surface area contributed by atoms with Gasteiger partial charge in [0.2, 0.25) is 5.91 Å². The molecule has 0 unspecified atom stereocenters. The second-order valence-electron chi connectivity index (χ2n) is 7.28. The zero-order valence-electron chi connectivity index (χ0n) is 17.5. The van der Waals surface area contributed by atoms with E-state index in [1.807, 2.05) is 73.8 Å². The van der Waals surface area contributed by atoms with Gasteiger partial charge in [-0.25, -0.2) is 9.97 Å². The van der Waals surface area contributed by atoms with Gasteiger partial charge in [-0.2, -0.15) is 0 Å². The van der Waals surface area contributed by atoms with E-state index in [2.05, 4.69) is 4.98 Å². The zero-order chi connectivity index (χ0) is 22.0. The predicted octanol–water partition coefficient (Wildman–Crippen LogP) is 5.41. The Bertz CT molecular complexity index is 1280. The highest BCUT2D eigenvalue weighted by Gasteiger charge is 2.19. The molecule has 0 spiro atoms. The first-order chi connectivity index (χ1) is 15.0. The van der Waals surface area contributed by atoms with E-state index in [-0.39, 0.29) is 17.5 Å². The number of nitrogens with zero attached hydrogens (tertiary/aromatic N) is 4.